The second-order valence-electron chi connectivity index (χ2n) is 6.51. The predicted molar refractivity (Wildman–Crippen MR) is 94.1 cm³/mol. The van der Waals surface area contributed by atoms with E-state index in [0.717, 1.165) is 29.3 Å². The van der Waals surface area contributed by atoms with Crippen molar-refractivity contribution in [3.8, 4) is 0 Å². The monoisotopic (exact) mass is 389 g/mol. The second-order valence-corrected chi connectivity index (χ2v) is 8.42. The quantitative estimate of drug-likeness (QED) is 0.769. The van der Waals surface area contributed by atoms with E-state index in [0.29, 0.717) is 19.2 Å². The maximum atomic E-state index is 13.8. The largest absolute Gasteiger partial charge is 0.353 e. The summed E-state index contributed by atoms with van der Waals surface area (Å²) >= 11 is 0. The normalized spacial score (nSPS) is 17.8. The molecule has 0 aliphatic carbocycles. The molecule has 1 aliphatic rings. The highest BCUT2D eigenvalue weighted by Gasteiger charge is 2.31. The third-order valence-corrected chi connectivity index (χ3v) is 6.25. The van der Waals surface area contributed by atoms with Gasteiger partial charge < -0.3 is 5.32 Å². The van der Waals surface area contributed by atoms with Gasteiger partial charge in [-0.2, -0.15) is 4.31 Å². The van der Waals surface area contributed by atoms with Crippen LogP contribution in [0.2, 0.25) is 0 Å². The fourth-order valence-corrected chi connectivity index (χ4v) is 4.47. The Balaban J connectivity index is 1.93. The highest BCUT2D eigenvalue weighted by Crippen LogP contribution is 2.21. The third-order valence-electron chi connectivity index (χ3n) is 4.34. The third kappa shape index (κ3) is 5.21. The van der Waals surface area contributed by atoms with Gasteiger partial charge >= 0.3 is 0 Å². The summed E-state index contributed by atoms with van der Waals surface area (Å²) in [5, 5.41) is 2.91. The Hall–Kier alpha value is -1.58. The molecular formula is C17H25F2N3O3S. The van der Waals surface area contributed by atoms with Crippen LogP contribution in [-0.4, -0.2) is 62.3 Å². The molecule has 0 bridgehead atoms. The highest BCUT2D eigenvalue weighted by molar-refractivity contribution is 7.89. The average Bonchev–Trinajstić information content (AvgIpc) is 2.57. The highest BCUT2D eigenvalue weighted by atomic mass is 32.2. The Morgan fingerprint density at radius 2 is 1.88 bits per heavy atom. The molecule has 0 spiro atoms. The van der Waals surface area contributed by atoms with Gasteiger partial charge in [-0.25, -0.2) is 17.2 Å². The smallest absolute Gasteiger partial charge is 0.246 e. The number of carbonyl (C=O) groups is 1. The lowest BCUT2D eigenvalue weighted by atomic mass is 10.2. The molecule has 9 heteroatoms. The molecule has 146 valence electrons. The van der Waals surface area contributed by atoms with Crippen molar-refractivity contribution in [2.45, 2.75) is 37.6 Å². The molecule has 1 aromatic rings. The summed E-state index contributed by atoms with van der Waals surface area (Å²) in [6, 6.07) is 2.48. The summed E-state index contributed by atoms with van der Waals surface area (Å²) in [5.74, 6) is -1.88. The molecule has 6 nitrogen and oxygen atoms in total. The molecule has 0 radical (unpaired) electrons. The van der Waals surface area contributed by atoms with Crippen LogP contribution in [0.1, 0.15) is 26.7 Å². The SMILES string of the molecule is CCC[C@@H](C)NC(=O)CN1CCN(S(=O)(=O)c2cc(F)ccc2F)CC1. The van der Waals surface area contributed by atoms with Crippen LogP contribution in [0.15, 0.2) is 23.1 Å². The van der Waals surface area contributed by atoms with E-state index in [1.54, 1.807) is 0 Å². The lowest BCUT2D eigenvalue weighted by molar-refractivity contribution is -0.123. The zero-order valence-corrected chi connectivity index (χ0v) is 15.9. The number of hydrogen-bond acceptors (Lipinski definition) is 4. The standard InChI is InChI=1S/C17H25F2N3O3S/c1-3-4-13(2)20-17(23)12-21-7-9-22(10-8-21)26(24,25)16-11-14(18)5-6-15(16)19/h5-6,11,13H,3-4,7-10,12H2,1-2H3,(H,20,23)/t13-/m1/s1. The summed E-state index contributed by atoms with van der Waals surface area (Å²) < 4.78 is 53.3. The van der Waals surface area contributed by atoms with Crippen LogP contribution in [-0.2, 0) is 14.8 Å². The summed E-state index contributed by atoms with van der Waals surface area (Å²) in [6.07, 6.45) is 1.88. The van der Waals surface area contributed by atoms with Crippen LogP contribution in [0.3, 0.4) is 0 Å². The lowest BCUT2D eigenvalue weighted by Crippen LogP contribution is -2.51. The molecule has 1 aromatic carbocycles. The van der Waals surface area contributed by atoms with Gasteiger partial charge in [-0.15, -0.1) is 0 Å². The van der Waals surface area contributed by atoms with Crippen LogP contribution in [0, 0.1) is 11.6 Å². The number of piperazine rings is 1. The van der Waals surface area contributed by atoms with E-state index < -0.39 is 26.6 Å². The number of benzene rings is 1. The molecule has 0 unspecified atom stereocenters. The Bertz CT molecular complexity index is 735. The van der Waals surface area contributed by atoms with E-state index in [9.17, 15) is 22.0 Å². The fourth-order valence-electron chi connectivity index (χ4n) is 2.97. The molecule has 1 aliphatic heterocycles. The van der Waals surface area contributed by atoms with Gasteiger partial charge in [0.25, 0.3) is 0 Å². The van der Waals surface area contributed by atoms with Gasteiger partial charge in [0.05, 0.1) is 6.54 Å². The van der Waals surface area contributed by atoms with Gasteiger partial charge in [-0.05, 0) is 31.5 Å². The first-order valence-electron chi connectivity index (χ1n) is 8.71. The molecular weight excluding hydrogens is 364 g/mol. The number of halogens is 2. The molecule has 2 rings (SSSR count). The molecule has 1 saturated heterocycles. The fraction of sp³-hybridized carbons (Fsp3) is 0.588. The molecule has 1 fully saturated rings. The number of hydrogen-bond donors (Lipinski definition) is 1. The number of sulfonamides is 1. The van der Waals surface area contributed by atoms with E-state index in [-0.39, 0.29) is 31.6 Å². The minimum atomic E-state index is -4.10. The molecule has 0 saturated carbocycles. The number of rotatable bonds is 7. The van der Waals surface area contributed by atoms with Crippen LogP contribution < -0.4 is 5.32 Å². The van der Waals surface area contributed by atoms with E-state index in [4.69, 9.17) is 0 Å². The van der Waals surface area contributed by atoms with Gasteiger partial charge in [0.2, 0.25) is 15.9 Å². The first kappa shape index (κ1) is 20.7. The molecule has 1 N–H and O–H groups in total. The van der Waals surface area contributed by atoms with Crippen molar-refractivity contribution in [1.82, 2.24) is 14.5 Å². The van der Waals surface area contributed by atoms with E-state index >= 15 is 0 Å². The topological polar surface area (TPSA) is 69.7 Å². The number of carbonyl (C=O) groups excluding carboxylic acids is 1. The Kier molecular flexibility index (Phi) is 7.08. The number of nitrogens with one attached hydrogen (secondary N) is 1. The summed E-state index contributed by atoms with van der Waals surface area (Å²) in [5.41, 5.74) is 0. The van der Waals surface area contributed by atoms with Crippen LogP contribution in [0.4, 0.5) is 8.78 Å². The van der Waals surface area contributed by atoms with Crippen molar-refractivity contribution < 1.29 is 22.0 Å². The van der Waals surface area contributed by atoms with Crippen molar-refractivity contribution in [2.24, 2.45) is 0 Å². The number of amides is 1. The Morgan fingerprint density at radius 3 is 2.50 bits per heavy atom. The van der Waals surface area contributed by atoms with Crippen molar-refractivity contribution in [3.05, 3.63) is 29.8 Å². The zero-order chi connectivity index (χ0) is 19.3. The Morgan fingerprint density at radius 1 is 1.23 bits per heavy atom. The first-order valence-corrected chi connectivity index (χ1v) is 10.1. The van der Waals surface area contributed by atoms with Gasteiger partial charge in [0.15, 0.2) is 0 Å². The maximum absolute atomic E-state index is 13.8. The molecule has 1 atom stereocenters. The average molecular weight is 389 g/mol. The molecule has 0 aromatic heterocycles. The maximum Gasteiger partial charge on any atom is 0.246 e. The second kappa shape index (κ2) is 8.88. The number of nitrogens with zero attached hydrogens (tertiary/aromatic N) is 2. The summed E-state index contributed by atoms with van der Waals surface area (Å²) in [7, 11) is -4.10. The van der Waals surface area contributed by atoms with Crippen molar-refractivity contribution in [2.75, 3.05) is 32.7 Å². The Labute approximate surface area is 153 Å². The van der Waals surface area contributed by atoms with Crippen LogP contribution in [0.5, 0.6) is 0 Å². The van der Waals surface area contributed by atoms with Gasteiger partial charge in [-0.3, -0.25) is 9.69 Å². The van der Waals surface area contributed by atoms with E-state index in [1.165, 1.54) is 0 Å². The minimum absolute atomic E-state index is 0.0987. The van der Waals surface area contributed by atoms with Crippen LogP contribution >= 0.6 is 0 Å². The summed E-state index contributed by atoms with van der Waals surface area (Å²) in [6.45, 7) is 5.13. The van der Waals surface area contributed by atoms with Gasteiger partial charge in [0.1, 0.15) is 16.5 Å². The zero-order valence-electron chi connectivity index (χ0n) is 15.0. The molecule has 1 amide bonds. The predicted octanol–water partition coefficient (Wildman–Crippen LogP) is 1.58. The summed E-state index contributed by atoms with van der Waals surface area (Å²) in [4.78, 5) is 13.2. The molecule has 1 heterocycles. The van der Waals surface area contributed by atoms with Crippen molar-refractivity contribution >= 4 is 15.9 Å². The molecule has 26 heavy (non-hydrogen) atoms. The van der Waals surface area contributed by atoms with Gasteiger partial charge in [-0.1, -0.05) is 13.3 Å². The lowest BCUT2D eigenvalue weighted by Gasteiger charge is -2.33. The minimum Gasteiger partial charge on any atom is -0.353 e. The van der Waals surface area contributed by atoms with E-state index in [1.807, 2.05) is 18.7 Å². The van der Waals surface area contributed by atoms with Crippen molar-refractivity contribution in [3.63, 3.8) is 0 Å². The van der Waals surface area contributed by atoms with Crippen LogP contribution in [0.25, 0.3) is 0 Å². The van der Waals surface area contributed by atoms with E-state index in [2.05, 4.69) is 5.32 Å². The first-order chi connectivity index (χ1) is 12.2. The van der Waals surface area contributed by atoms with Crippen molar-refractivity contribution in [1.29, 1.82) is 0 Å². The van der Waals surface area contributed by atoms with Gasteiger partial charge in [0, 0.05) is 32.2 Å².